The number of amides is 1. The number of likely N-dealkylation sites (N-methyl/N-ethyl adjacent to an activating group) is 1. The number of nitrogens with zero attached hydrogens (tertiary/aromatic N) is 1. The molecule has 0 unspecified atom stereocenters. The Labute approximate surface area is 109 Å². The van der Waals surface area contributed by atoms with Gasteiger partial charge in [-0.3, -0.25) is 4.79 Å². The predicted octanol–water partition coefficient (Wildman–Crippen LogP) is 1.34. The van der Waals surface area contributed by atoms with Crippen molar-refractivity contribution in [3.63, 3.8) is 0 Å². The van der Waals surface area contributed by atoms with Gasteiger partial charge in [-0.25, -0.2) is 0 Å². The summed E-state index contributed by atoms with van der Waals surface area (Å²) in [4.78, 5) is 13.8. The van der Waals surface area contributed by atoms with Crippen LogP contribution in [0.25, 0.3) is 0 Å². The second-order valence-electron chi connectivity index (χ2n) is 4.54. The maximum Gasteiger partial charge on any atom is 0.238 e. The van der Waals surface area contributed by atoms with Crippen molar-refractivity contribution in [1.82, 2.24) is 10.2 Å². The van der Waals surface area contributed by atoms with Crippen molar-refractivity contribution in [3.8, 4) is 0 Å². The molecule has 4 nitrogen and oxygen atoms in total. The molecule has 18 heavy (non-hydrogen) atoms. The second-order valence-corrected chi connectivity index (χ2v) is 4.54. The fraction of sp³-hybridized carbons (Fsp3) is 0.500. The van der Waals surface area contributed by atoms with Crippen LogP contribution in [0.3, 0.4) is 0 Å². The van der Waals surface area contributed by atoms with E-state index in [1.807, 2.05) is 38.4 Å². The van der Waals surface area contributed by atoms with Gasteiger partial charge in [0.25, 0.3) is 0 Å². The average Bonchev–Trinajstić information content (AvgIpc) is 2.35. The third kappa shape index (κ3) is 5.29. The van der Waals surface area contributed by atoms with E-state index in [-0.39, 0.29) is 5.91 Å². The molecule has 0 aliphatic rings. The zero-order chi connectivity index (χ0) is 13.4. The molecule has 1 amide bonds. The van der Waals surface area contributed by atoms with Crippen LogP contribution in [0, 0.1) is 0 Å². The summed E-state index contributed by atoms with van der Waals surface area (Å²) in [7, 11) is 4.03. The molecule has 1 rings (SSSR count). The topological polar surface area (TPSA) is 44.4 Å². The predicted molar refractivity (Wildman–Crippen MR) is 75.9 cm³/mol. The molecule has 100 valence electrons. The van der Waals surface area contributed by atoms with E-state index in [0.717, 1.165) is 25.2 Å². The number of carbonyl (C=O) groups excluding carboxylic acids is 1. The quantitative estimate of drug-likeness (QED) is 0.717. The summed E-state index contributed by atoms with van der Waals surface area (Å²) in [6.07, 6.45) is 0.921. The van der Waals surface area contributed by atoms with Gasteiger partial charge in [-0.05, 0) is 32.1 Å². The zero-order valence-corrected chi connectivity index (χ0v) is 11.5. The highest BCUT2D eigenvalue weighted by molar-refractivity contribution is 5.92. The van der Waals surface area contributed by atoms with E-state index in [4.69, 9.17) is 0 Å². The van der Waals surface area contributed by atoms with Crippen LogP contribution >= 0.6 is 0 Å². The van der Waals surface area contributed by atoms with Gasteiger partial charge in [-0.1, -0.05) is 25.1 Å². The molecular formula is C14H23N3O. The van der Waals surface area contributed by atoms with Gasteiger partial charge in [-0.2, -0.15) is 0 Å². The van der Waals surface area contributed by atoms with Gasteiger partial charge in [0, 0.05) is 18.8 Å². The minimum Gasteiger partial charge on any atom is -0.325 e. The summed E-state index contributed by atoms with van der Waals surface area (Å²) in [5.74, 6) is 0.00894. The molecule has 0 aliphatic heterocycles. The molecule has 0 aliphatic carbocycles. The molecule has 0 saturated heterocycles. The van der Waals surface area contributed by atoms with Crippen LogP contribution < -0.4 is 10.6 Å². The van der Waals surface area contributed by atoms with Crippen LogP contribution in [0.5, 0.6) is 0 Å². The first-order chi connectivity index (χ1) is 8.63. The molecule has 0 radical (unpaired) electrons. The molecule has 0 heterocycles. The molecule has 0 saturated carbocycles. The van der Waals surface area contributed by atoms with Crippen molar-refractivity contribution in [2.45, 2.75) is 13.3 Å². The Hall–Kier alpha value is -1.39. The van der Waals surface area contributed by atoms with E-state index in [2.05, 4.69) is 22.5 Å². The van der Waals surface area contributed by atoms with Crippen molar-refractivity contribution in [2.75, 3.05) is 39.0 Å². The maximum absolute atomic E-state index is 11.7. The smallest absolute Gasteiger partial charge is 0.238 e. The van der Waals surface area contributed by atoms with Crippen LogP contribution in [-0.2, 0) is 11.2 Å². The standard InChI is InChI=1S/C14H23N3O/c1-4-12-7-5-6-8-13(12)16-14(18)11-15-9-10-17(2)3/h5-8,15H,4,9-11H2,1-3H3,(H,16,18). The fourth-order valence-electron chi connectivity index (χ4n) is 1.65. The lowest BCUT2D eigenvalue weighted by molar-refractivity contribution is -0.115. The Bertz CT molecular complexity index is 377. The number of carbonyl (C=O) groups is 1. The summed E-state index contributed by atoms with van der Waals surface area (Å²) in [5, 5.41) is 6.06. The number of hydrogen-bond donors (Lipinski definition) is 2. The summed E-state index contributed by atoms with van der Waals surface area (Å²) in [5.41, 5.74) is 2.08. The molecule has 1 aromatic rings. The Kier molecular flexibility index (Phi) is 6.39. The lowest BCUT2D eigenvalue weighted by atomic mass is 10.1. The first-order valence-corrected chi connectivity index (χ1v) is 6.36. The molecule has 1 aromatic carbocycles. The van der Waals surface area contributed by atoms with E-state index in [9.17, 15) is 4.79 Å². The maximum atomic E-state index is 11.7. The number of para-hydroxylation sites is 1. The third-order valence-electron chi connectivity index (χ3n) is 2.69. The normalized spacial score (nSPS) is 10.7. The molecule has 4 heteroatoms. The molecule has 0 fully saturated rings. The Balaban J connectivity index is 2.35. The van der Waals surface area contributed by atoms with E-state index < -0.39 is 0 Å². The van der Waals surface area contributed by atoms with Crippen molar-refractivity contribution in [1.29, 1.82) is 0 Å². The van der Waals surface area contributed by atoms with Crippen molar-refractivity contribution in [2.24, 2.45) is 0 Å². The monoisotopic (exact) mass is 249 g/mol. The summed E-state index contributed by atoms with van der Waals surface area (Å²) >= 11 is 0. The molecule has 2 N–H and O–H groups in total. The fourth-order valence-corrected chi connectivity index (χ4v) is 1.65. The first-order valence-electron chi connectivity index (χ1n) is 6.36. The summed E-state index contributed by atoms with van der Waals surface area (Å²) in [6.45, 7) is 4.18. The number of rotatable bonds is 7. The molecule has 0 bridgehead atoms. The number of benzene rings is 1. The van der Waals surface area contributed by atoms with Gasteiger partial charge < -0.3 is 15.5 Å². The van der Waals surface area contributed by atoms with Crippen LogP contribution in [0.4, 0.5) is 5.69 Å². The molecule has 0 atom stereocenters. The number of hydrogen-bond acceptors (Lipinski definition) is 3. The van der Waals surface area contributed by atoms with Crippen LogP contribution in [0.2, 0.25) is 0 Å². The number of anilines is 1. The van der Waals surface area contributed by atoms with Crippen molar-refractivity contribution < 1.29 is 4.79 Å². The van der Waals surface area contributed by atoms with Crippen molar-refractivity contribution >= 4 is 11.6 Å². The van der Waals surface area contributed by atoms with Gasteiger partial charge >= 0.3 is 0 Å². The minimum atomic E-state index is 0.00894. The van der Waals surface area contributed by atoms with Crippen molar-refractivity contribution in [3.05, 3.63) is 29.8 Å². The van der Waals surface area contributed by atoms with Crippen LogP contribution in [0.1, 0.15) is 12.5 Å². The summed E-state index contributed by atoms with van der Waals surface area (Å²) in [6, 6.07) is 7.91. The molecular weight excluding hydrogens is 226 g/mol. The molecule has 0 spiro atoms. The third-order valence-corrected chi connectivity index (χ3v) is 2.69. The summed E-state index contributed by atoms with van der Waals surface area (Å²) < 4.78 is 0. The zero-order valence-electron chi connectivity index (χ0n) is 11.5. The van der Waals surface area contributed by atoms with Gasteiger partial charge in [0.15, 0.2) is 0 Å². The largest absolute Gasteiger partial charge is 0.325 e. The lowest BCUT2D eigenvalue weighted by Crippen LogP contribution is -2.33. The second kappa shape index (κ2) is 7.84. The first kappa shape index (κ1) is 14.7. The van der Waals surface area contributed by atoms with E-state index in [0.29, 0.717) is 6.54 Å². The Morgan fingerprint density at radius 3 is 2.67 bits per heavy atom. The Morgan fingerprint density at radius 2 is 2.00 bits per heavy atom. The van der Waals surface area contributed by atoms with Crippen LogP contribution in [0.15, 0.2) is 24.3 Å². The van der Waals surface area contributed by atoms with E-state index >= 15 is 0 Å². The molecule has 0 aromatic heterocycles. The average molecular weight is 249 g/mol. The van der Waals surface area contributed by atoms with Gasteiger partial charge in [0.2, 0.25) is 5.91 Å². The van der Waals surface area contributed by atoms with E-state index in [1.54, 1.807) is 0 Å². The highest BCUT2D eigenvalue weighted by Crippen LogP contribution is 2.14. The van der Waals surface area contributed by atoms with E-state index in [1.165, 1.54) is 5.56 Å². The highest BCUT2D eigenvalue weighted by atomic mass is 16.1. The van der Waals surface area contributed by atoms with Gasteiger partial charge in [0.05, 0.1) is 6.54 Å². The minimum absolute atomic E-state index is 0.00894. The SMILES string of the molecule is CCc1ccccc1NC(=O)CNCCN(C)C. The van der Waals surface area contributed by atoms with Gasteiger partial charge in [0.1, 0.15) is 0 Å². The highest BCUT2D eigenvalue weighted by Gasteiger charge is 2.04. The number of nitrogens with one attached hydrogen (secondary N) is 2. The Morgan fingerprint density at radius 1 is 1.28 bits per heavy atom. The lowest BCUT2D eigenvalue weighted by Gasteiger charge is -2.12. The van der Waals surface area contributed by atoms with Gasteiger partial charge in [-0.15, -0.1) is 0 Å². The number of aryl methyl sites for hydroxylation is 1. The van der Waals surface area contributed by atoms with Crippen LogP contribution in [-0.4, -0.2) is 44.5 Å².